The van der Waals surface area contributed by atoms with Crippen LogP contribution in [0, 0.1) is 32.6 Å². The van der Waals surface area contributed by atoms with Gasteiger partial charge in [0.2, 0.25) is 0 Å². The first kappa shape index (κ1) is 17.9. The van der Waals surface area contributed by atoms with Crippen LogP contribution in [0.15, 0.2) is 59.7 Å². The fraction of sp³-hybridized carbons (Fsp3) is 0.333. The molecule has 2 unspecified atom stereocenters. The van der Waals surface area contributed by atoms with E-state index in [9.17, 15) is 0 Å². The van der Waals surface area contributed by atoms with Gasteiger partial charge in [-0.1, -0.05) is 59.7 Å². The fourth-order valence-electron chi connectivity index (χ4n) is 5.70. The molecule has 2 aliphatic carbocycles. The van der Waals surface area contributed by atoms with Gasteiger partial charge in [-0.25, -0.2) is 0 Å². The van der Waals surface area contributed by atoms with E-state index in [1.807, 2.05) is 0 Å². The summed E-state index contributed by atoms with van der Waals surface area (Å²) in [6, 6.07) is 13.1. The molecule has 0 bridgehead atoms. The summed E-state index contributed by atoms with van der Waals surface area (Å²) in [6.07, 6.45) is 7.32. The second-order valence-corrected chi connectivity index (χ2v) is 9.28. The predicted octanol–water partition coefficient (Wildman–Crippen LogP) is 5.93. The summed E-state index contributed by atoms with van der Waals surface area (Å²) in [6.45, 7) is 8.50. The van der Waals surface area contributed by atoms with Crippen molar-refractivity contribution >= 4 is 16.6 Å². The van der Waals surface area contributed by atoms with Gasteiger partial charge in [-0.2, -0.15) is 0 Å². The van der Waals surface area contributed by atoms with Crippen molar-refractivity contribution in [2.45, 2.75) is 33.6 Å². The molecule has 3 aliphatic rings. The Bertz CT molecular complexity index is 1230. The average molecular weight is 394 g/mol. The molecule has 30 heavy (non-hydrogen) atoms. The first-order valence-corrected chi connectivity index (χ1v) is 11.1. The molecule has 150 valence electrons. The number of rotatable bonds is 2. The monoisotopic (exact) mass is 393 g/mol. The minimum Gasteiger partial charge on any atom is -0.350 e. The van der Waals surface area contributed by atoms with Crippen LogP contribution in [0.4, 0.5) is 5.82 Å². The summed E-state index contributed by atoms with van der Waals surface area (Å²) in [5.41, 5.74) is 9.25. The number of hydrogen-bond donors (Lipinski definition) is 0. The standard InChI is InChI=1S/C27H27N3/c1-16-12-17(2)25(18(3)13-16)26-22-6-4-5-7-23(22)27(29-28-26)30-11-10-21-20(15-30)9-8-19-14-24(19)21/h4-9,12-13,19,24H,10-11,14-15H2,1-3H3. The molecule has 1 aromatic heterocycles. The van der Waals surface area contributed by atoms with Crippen LogP contribution in [0.3, 0.4) is 0 Å². The molecule has 6 rings (SSSR count). The molecule has 2 heterocycles. The molecule has 2 atom stereocenters. The van der Waals surface area contributed by atoms with Crippen LogP contribution >= 0.6 is 0 Å². The van der Waals surface area contributed by atoms with Crippen LogP contribution < -0.4 is 4.90 Å². The van der Waals surface area contributed by atoms with Crippen LogP contribution in [0.5, 0.6) is 0 Å². The van der Waals surface area contributed by atoms with E-state index in [-0.39, 0.29) is 0 Å². The Hall–Kier alpha value is -2.94. The molecule has 2 aromatic carbocycles. The largest absolute Gasteiger partial charge is 0.350 e. The van der Waals surface area contributed by atoms with E-state index in [1.54, 1.807) is 5.57 Å². The highest BCUT2D eigenvalue weighted by Gasteiger charge is 2.42. The van der Waals surface area contributed by atoms with Crippen molar-refractivity contribution in [3.8, 4) is 11.3 Å². The first-order chi connectivity index (χ1) is 14.6. The normalized spacial score (nSPS) is 22.3. The van der Waals surface area contributed by atoms with Crippen molar-refractivity contribution in [1.29, 1.82) is 0 Å². The van der Waals surface area contributed by atoms with Gasteiger partial charge in [-0.15, -0.1) is 10.2 Å². The quantitative estimate of drug-likeness (QED) is 0.540. The molecule has 1 aliphatic heterocycles. The molecule has 0 amide bonds. The Balaban J connectivity index is 1.46. The lowest BCUT2D eigenvalue weighted by Crippen LogP contribution is -2.33. The molecule has 3 aromatic rings. The molecule has 3 nitrogen and oxygen atoms in total. The summed E-state index contributed by atoms with van der Waals surface area (Å²) in [5, 5.41) is 12.0. The third kappa shape index (κ3) is 2.72. The van der Waals surface area contributed by atoms with Gasteiger partial charge in [0.05, 0.1) is 0 Å². The molecule has 1 fully saturated rings. The van der Waals surface area contributed by atoms with E-state index < -0.39 is 0 Å². The summed E-state index contributed by atoms with van der Waals surface area (Å²) < 4.78 is 0. The number of allylic oxidation sites excluding steroid dienone is 1. The van der Waals surface area contributed by atoms with E-state index >= 15 is 0 Å². The second kappa shape index (κ2) is 6.53. The highest BCUT2D eigenvalue weighted by molar-refractivity contribution is 6.01. The van der Waals surface area contributed by atoms with E-state index in [2.05, 4.69) is 74.2 Å². The van der Waals surface area contributed by atoms with Gasteiger partial charge in [0, 0.05) is 29.4 Å². The average Bonchev–Trinajstić information content (AvgIpc) is 3.53. The lowest BCUT2D eigenvalue weighted by Gasteiger charge is -2.32. The topological polar surface area (TPSA) is 29.0 Å². The zero-order chi connectivity index (χ0) is 20.4. The molecular formula is C27H27N3. The predicted molar refractivity (Wildman–Crippen MR) is 124 cm³/mol. The Morgan fingerprint density at radius 2 is 1.73 bits per heavy atom. The zero-order valence-electron chi connectivity index (χ0n) is 17.9. The second-order valence-electron chi connectivity index (χ2n) is 9.28. The van der Waals surface area contributed by atoms with Gasteiger partial charge in [-0.3, -0.25) is 0 Å². The SMILES string of the molecule is Cc1cc(C)c(-c2nnc(N3CCC4=C(C=CC5CC45)C3)c3ccccc23)c(C)c1. The maximum absolute atomic E-state index is 4.81. The number of nitrogens with zero attached hydrogens (tertiary/aromatic N) is 3. The van der Waals surface area contributed by atoms with Gasteiger partial charge in [-0.05, 0) is 62.1 Å². The molecule has 0 radical (unpaired) electrons. The lowest BCUT2D eigenvalue weighted by atomic mass is 9.91. The molecule has 0 spiro atoms. The van der Waals surface area contributed by atoms with Crippen LogP contribution in [-0.2, 0) is 0 Å². The van der Waals surface area contributed by atoms with Crippen molar-refractivity contribution in [3.05, 3.63) is 76.4 Å². The van der Waals surface area contributed by atoms with Gasteiger partial charge in [0.25, 0.3) is 0 Å². The number of aromatic nitrogens is 2. The Kier molecular flexibility index (Phi) is 3.89. The van der Waals surface area contributed by atoms with E-state index in [1.165, 1.54) is 45.0 Å². The van der Waals surface area contributed by atoms with Crippen LogP contribution in [-0.4, -0.2) is 23.3 Å². The molecule has 1 saturated carbocycles. The minimum atomic E-state index is 0.830. The Morgan fingerprint density at radius 1 is 0.967 bits per heavy atom. The van der Waals surface area contributed by atoms with Crippen molar-refractivity contribution in [1.82, 2.24) is 10.2 Å². The highest BCUT2D eigenvalue weighted by Crippen LogP contribution is 2.51. The molecule has 3 heteroatoms. The summed E-state index contributed by atoms with van der Waals surface area (Å²) in [7, 11) is 0. The van der Waals surface area contributed by atoms with Gasteiger partial charge < -0.3 is 4.90 Å². The molecule has 0 N–H and O–H groups in total. The molecular weight excluding hydrogens is 366 g/mol. The number of fused-ring (bicyclic) bond motifs is 3. The van der Waals surface area contributed by atoms with Crippen LogP contribution in [0.1, 0.15) is 29.5 Å². The van der Waals surface area contributed by atoms with Crippen molar-refractivity contribution in [2.75, 3.05) is 18.0 Å². The maximum atomic E-state index is 4.81. The van der Waals surface area contributed by atoms with Crippen LogP contribution in [0.2, 0.25) is 0 Å². The summed E-state index contributed by atoms with van der Waals surface area (Å²) in [5.74, 6) is 2.69. The number of aryl methyl sites for hydroxylation is 3. The Labute approximate surface area is 178 Å². The summed E-state index contributed by atoms with van der Waals surface area (Å²) in [4.78, 5) is 2.43. The van der Waals surface area contributed by atoms with Gasteiger partial charge >= 0.3 is 0 Å². The lowest BCUT2D eigenvalue weighted by molar-refractivity contribution is 0.695. The third-order valence-electron chi connectivity index (χ3n) is 7.14. The van der Waals surface area contributed by atoms with Crippen LogP contribution in [0.25, 0.3) is 22.0 Å². The number of anilines is 1. The first-order valence-electron chi connectivity index (χ1n) is 11.1. The zero-order valence-corrected chi connectivity index (χ0v) is 17.9. The number of benzene rings is 2. The minimum absolute atomic E-state index is 0.830. The summed E-state index contributed by atoms with van der Waals surface area (Å²) >= 11 is 0. The van der Waals surface area contributed by atoms with Crippen molar-refractivity contribution in [3.63, 3.8) is 0 Å². The smallest absolute Gasteiger partial charge is 0.159 e. The highest BCUT2D eigenvalue weighted by atomic mass is 15.3. The van der Waals surface area contributed by atoms with Gasteiger partial charge in [0.1, 0.15) is 5.69 Å². The van der Waals surface area contributed by atoms with Gasteiger partial charge in [0.15, 0.2) is 5.82 Å². The van der Waals surface area contributed by atoms with E-state index in [4.69, 9.17) is 10.2 Å². The fourth-order valence-corrected chi connectivity index (χ4v) is 5.70. The van der Waals surface area contributed by atoms with E-state index in [0.717, 1.165) is 42.9 Å². The maximum Gasteiger partial charge on any atom is 0.159 e. The third-order valence-corrected chi connectivity index (χ3v) is 7.14. The van der Waals surface area contributed by atoms with Crippen molar-refractivity contribution in [2.24, 2.45) is 11.8 Å². The number of hydrogen-bond acceptors (Lipinski definition) is 3. The van der Waals surface area contributed by atoms with E-state index in [0.29, 0.717) is 0 Å². The Morgan fingerprint density at radius 3 is 2.53 bits per heavy atom. The molecule has 0 saturated heterocycles. The van der Waals surface area contributed by atoms with Crippen molar-refractivity contribution < 1.29 is 0 Å².